The lowest BCUT2D eigenvalue weighted by Crippen LogP contribution is -2.16. The molecule has 1 rings (SSSR count). The molecule has 0 aliphatic heterocycles. The fraction of sp³-hybridized carbons (Fsp3) is 0.538. The monoisotopic (exact) mass is 255 g/mol. The van der Waals surface area contributed by atoms with E-state index < -0.39 is 0 Å². The Hall–Kier alpha value is -1.30. The van der Waals surface area contributed by atoms with Gasteiger partial charge in [-0.15, -0.1) is 0 Å². The van der Waals surface area contributed by atoms with Gasteiger partial charge < -0.3 is 26.6 Å². The van der Waals surface area contributed by atoms with E-state index in [9.17, 15) is 0 Å². The van der Waals surface area contributed by atoms with Crippen LogP contribution in [0.15, 0.2) is 18.2 Å². The molecule has 0 atom stereocenters. The van der Waals surface area contributed by atoms with Gasteiger partial charge in [-0.3, -0.25) is 0 Å². The van der Waals surface area contributed by atoms with Crippen LogP contribution in [0.25, 0.3) is 0 Å². The molecule has 5 nitrogen and oxygen atoms in total. The SMILES string of the molecule is CN(C)CCCN.NCCc1ccc(O)c(O)c1. The molecule has 0 saturated heterocycles. The maximum absolute atomic E-state index is 9.04. The molecule has 0 amide bonds. The van der Waals surface area contributed by atoms with Gasteiger partial charge in [0, 0.05) is 0 Å². The first-order valence-electron chi connectivity index (χ1n) is 6.07. The van der Waals surface area contributed by atoms with E-state index >= 15 is 0 Å². The molecule has 104 valence electrons. The van der Waals surface area contributed by atoms with Crippen LogP contribution in [0, 0.1) is 0 Å². The number of hydrogen-bond donors (Lipinski definition) is 4. The van der Waals surface area contributed by atoms with Crippen molar-refractivity contribution in [2.75, 3.05) is 33.7 Å². The number of nitrogens with zero attached hydrogens (tertiary/aromatic N) is 1. The van der Waals surface area contributed by atoms with E-state index in [4.69, 9.17) is 21.7 Å². The summed E-state index contributed by atoms with van der Waals surface area (Å²) in [5, 5.41) is 18.0. The van der Waals surface area contributed by atoms with Gasteiger partial charge in [-0.25, -0.2) is 0 Å². The maximum atomic E-state index is 9.04. The van der Waals surface area contributed by atoms with Crippen LogP contribution >= 0.6 is 0 Å². The van der Waals surface area contributed by atoms with E-state index in [1.165, 1.54) is 12.1 Å². The first-order valence-corrected chi connectivity index (χ1v) is 6.07. The van der Waals surface area contributed by atoms with Crippen molar-refractivity contribution in [2.45, 2.75) is 12.8 Å². The molecule has 5 heteroatoms. The van der Waals surface area contributed by atoms with Crippen LogP contribution in [0.5, 0.6) is 11.5 Å². The van der Waals surface area contributed by atoms with Crippen LogP contribution in [0.4, 0.5) is 0 Å². The minimum atomic E-state index is -0.0919. The number of phenolic OH excluding ortho intramolecular Hbond substituents is 2. The van der Waals surface area contributed by atoms with Gasteiger partial charge in [-0.2, -0.15) is 0 Å². The molecule has 1 aromatic carbocycles. The van der Waals surface area contributed by atoms with E-state index in [-0.39, 0.29) is 11.5 Å². The predicted octanol–water partition coefficient (Wildman–Crippen LogP) is 0.496. The number of aromatic hydroxyl groups is 2. The second kappa shape index (κ2) is 9.70. The highest BCUT2D eigenvalue weighted by molar-refractivity contribution is 5.40. The molecule has 0 heterocycles. The zero-order chi connectivity index (χ0) is 14.0. The van der Waals surface area contributed by atoms with Crippen molar-refractivity contribution in [3.63, 3.8) is 0 Å². The Kier molecular flexibility index (Phi) is 9.00. The third kappa shape index (κ3) is 7.89. The summed E-state index contributed by atoms with van der Waals surface area (Å²) in [6.45, 7) is 2.46. The lowest BCUT2D eigenvalue weighted by atomic mass is 10.1. The summed E-state index contributed by atoms with van der Waals surface area (Å²) in [5.41, 5.74) is 11.5. The Morgan fingerprint density at radius 3 is 2.11 bits per heavy atom. The average Bonchev–Trinajstić information content (AvgIpc) is 2.32. The molecule has 0 aromatic heterocycles. The summed E-state index contributed by atoms with van der Waals surface area (Å²) in [6, 6.07) is 4.71. The normalized spacial score (nSPS) is 10.1. The molecule has 0 fully saturated rings. The fourth-order valence-corrected chi connectivity index (χ4v) is 1.30. The molecule has 0 aliphatic rings. The predicted molar refractivity (Wildman–Crippen MR) is 74.8 cm³/mol. The Bertz CT molecular complexity index is 330. The van der Waals surface area contributed by atoms with E-state index in [1.807, 2.05) is 0 Å². The number of rotatable bonds is 5. The summed E-state index contributed by atoms with van der Waals surface area (Å²) >= 11 is 0. The van der Waals surface area contributed by atoms with E-state index in [0.717, 1.165) is 25.1 Å². The van der Waals surface area contributed by atoms with Gasteiger partial charge in [0.1, 0.15) is 0 Å². The maximum Gasteiger partial charge on any atom is 0.157 e. The second-order valence-corrected chi connectivity index (χ2v) is 4.31. The largest absolute Gasteiger partial charge is 0.504 e. The van der Waals surface area contributed by atoms with Crippen LogP contribution in [0.3, 0.4) is 0 Å². The van der Waals surface area contributed by atoms with Gasteiger partial charge in [0.05, 0.1) is 0 Å². The number of nitrogens with two attached hydrogens (primary N) is 2. The molecule has 18 heavy (non-hydrogen) atoms. The number of hydrogen-bond acceptors (Lipinski definition) is 5. The molecule has 0 bridgehead atoms. The molecule has 1 aromatic rings. The highest BCUT2D eigenvalue weighted by Crippen LogP contribution is 2.24. The van der Waals surface area contributed by atoms with Gasteiger partial charge in [-0.05, 0) is 64.3 Å². The van der Waals surface area contributed by atoms with Crippen molar-refractivity contribution < 1.29 is 10.2 Å². The smallest absolute Gasteiger partial charge is 0.157 e. The van der Waals surface area contributed by atoms with E-state index in [0.29, 0.717) is 13.0 Å². The van der Waals surface area contributed by atoms with Crippen molar-refractivity contribution in [1.29, 1.82) is 0 Å². The van der Waals surface area contributed by atoms with Crippen molar-refractivity contribution in [2.24, 2.45) is 11.5 Å². The van der Waals surface area contributed by atoms with Crippen LogP contribution in [-0.2, 0) is 6.42 Å². The second-order valence-electron chi connectivity index (χ2n) is 4.31. The minimum Gasteiger partial charge on any atom is -0.504 e. The Morgan fingerprint density at radius 2 is 1.72 bits per heavy atom. The summed E-state index contributed by atoms with van der Waals surface area (Å²) in [4.78, 5) is 2.13. The zero-order valence-electron chi connectivity index (χ0n) is 11.3. The topological polar surface area (TPSA) is 95.7 Å². The highest BCUT2D eigenvalue weighted by atomic mass is 16.3. The first-order chi connectivity index (χ1) is 8.51. The van der Waals surface area contributed by atoms with Crippen molar-refractivity contribution in [1.82, 2.24) is 4.90 Å². The van der Waals surface area contributed by atoms with Crippen LogP contribution in [-0.4, -0.2) is 48.8 Å². The molecule has 0 radical (unpaired) electrons. The Balaban J connectivity index is 0.000000360. The molecule has 6 N–H and O–H groups in total. The van der Waals surface area contributed by atoms with Gasteiger partial charge >= 0.3 is 0 Å². The van der Waals surface area contributed by atoms with Gasteiger partial charge in [0.2, 0.25) is 0 Å². The van der Waals surface area contributed by atoms with Crippen molar-refractivity contribution in [3.8, 4) is 11.5 Å². The molecule has 0 unspecified atom stereocenters. The quantitative estimate of drug-likeness (QED) is 0.575. The average molecular weight is 255 g/mol. The Morgan fingerprint density at radius 1 is 1.06 bits per heavy atom. The highest BCUT2D eigenvalue weighted by Gasteiger charge is 1.98. The molecule has 0 spiro atoms. The molecule has 0 aliphatic carbocycles. The first kappa shape index (κ1) is 16.7. The van der Waals surface area contributed by atoms with Gasteiger partial charge in [0.25, 0.3) is 0 Å². The van der Waals surface area contributed by atoms with Crippen LogP contribution in [0.1, 0.15) is 12.0 Å². The third-order valence-electron chi connectivity index (χ3n) is 2.28. The van der Waals surface area contributed by atoms with Gasteiger partial charge in [0.15, 0.2) is 11.5 Å². The summed E-state index contributed by atoms with van der Waals surface area (Å²) in [5.74, 6) is -0.179. The number of phenols is 2. The Labute approximate surface area is 109 Å². The zero-order valence-corrected chi connectivity index (χ0v) is 11.3. The fourth-order valence-electron chi connectivity index (χ4n) is 1.30. The molecule has 0 saturated carbocycles. The molecular formula is C13H25N3O2. The van der Waals surface area contributed by atoms with Crippen molar-refractivity contribution >= 4 is 0 Å². The van der Waals surface area contributed by atoms with E-state index in [2.05, 4.69) is 19.0 Å². The lowest BCUT2D eigenvalue weighted by molar-refractivity contribution is 0.403. The molecular weight excluding hydrogens is 230 g/mol. The summed E-state index contributed by atoms with van der Waals surface area (Å²) < 4.78 is 0. The van der Waals surface area contributed by atoms with Crippen LogP contribution < -0.4 is 11.5 Å². The van der Waals surface area contributed by atoms with Gasteiger partial charge in [-0.1, -0.05) is 6.07 Å². The van der Waals surface area contributed by atoms with Crippen LogP contribution in [0.2, 0.25) is 0 Å². The lowest BCUT2D eigenvalue weighted by Gasteiger charge is -2.05. The summed E-state index contributed by atoms with van der Waals surface area (Å²) in [6.07, 6.45) is 1.82. The van der Waals surface area contributed by atoms with Crippen molar-refractivity contribution in [3.05, 3.63) is 23.8 Å². The third-order valence-corrected chi connectivity index (χ3v) is 2.28. The number of benzene rings is 1. The minimum absolute atomic E-state index is 0.0871. The summed E-state index contributed by atoms with van der Waals surface area (Å²) in [7, 11) is 4.10. The van der Waals surface area contributed by atoms with E-state index in [1.54, 1.807) is 6.07 Å². The standard InChI is InChI=1S/C8H11NO2.C5H14N2/c9-4-3-6-1-2-7(10)8(11)5-6;1-7(2)5-3-4-6/h1-2,5,10-11H,3-4,9H2;3-6H2,1-2H3.